The molecule has 0 aromatic heterocycles. The van der Waals surface area contributed by atoms with Crippen LogP contribution >= 0.6 is 0 Å². The Morgan fingerprint density at radius 3 is 1.89 bits per heavy atom. The van der Waals surface area contributed by atoms with Crippen LogP contribution in [0.5, 0.6) is 0 Å². The van der Waals surface area contributed by atoms with Gasteiger partial charge in [0.15, 0.2) is 0 Å². The fraction of sp³-hybridized carbons (Fsp3) is 0.200. The van der Waals surface area contributed by atoms with Crippen molar-refractivity contribution >= 4 is 0 Å². The van der Waals surface area contributed by atoms with Crippen molar-refractivity contribution < 1.29 is 29.3 Å². The van der Waals surface area contributed by atoms with Gasteiger partial charge in [0.25, 0.3) is 0 Å². The Morgan fingerprint density at radius 1 is 1.56 bits per heavy atom. The van der Waals surface area contributed by atoms with Crippen LogP contribution in [0.25, 0.3) is 0 Å². The summed E-state index contributed by atoms with van der Waals surface area (Å²) in [6.45, 7) is 5.42. The topological polar surface area (TPSA) is 57.5 Å². The second-order valence-electron chi connectivity index (χ2n) is 1.04. The van der Waals surface area contributed by atoms with Gasteiger partial charge in [-0.15, -0.1) is 0 Å². The van der Waals surface area contributed by atoms with Gasteiger partial charge in [0, 0.05) is 0 Å². The van der Waals surface area contributed by atoms with Gasteiger partial charge in [-0.2, -0.15) is 0 Å². The average molecular weight is 166 g/mol. The molecule has 0 spiro atoms. The first-order chi connectivity index (χ1) is 4.15. The second-order valence-corrected chi connectivity index (χ2v) is 1.93. The molecule has 0 aliphatic rings. The third-order valence-corrected chi connectivity index (χ3v) is 0.329. The molecule has 0 amide bonds. The van der Waals surface area contributed by atoms with Crippen LogP contribution in [-0.2, 0) is 21.9 Å². The van der Waals surface area contributed by atoms with E-state index in [1.54, 1.807) is 6.08 Å². The van der Waals surface area contributed by atoms with Crippen molar-refractivity contribution in [1.29, 1.82) is 0 Å². The van der Waals surface area contributed by atoms with Gasteiger partial charge in [-0.1, -0.05) is 24.8 Å². The van der Waals surface area contributed by atoms with E-state index in [-0.39, 0.29) is 0 Å². The molecule has 52 valence electrons. The van der Waals surface area contributed by atoms with Crippen molar-refractivity contribution in [3.8, 4) is 0 Å². The molecule has 0 unspecified atom stereocenters. The van der Waals surface area contributed by atoms with Crippen molar-refractivity contribution in [2.45, 2.75) is 6.92 Å². The van der Waals surface area contributed by atoms with Crippen molar-refractivity contribution in [2.24, 2.45) is 0 Å². The Balaban J connectivity index is 0. The van der Waals surface area contributed by atoms with E-state index < -0.39 is 18.6 Å². The Hall–Kier alpha value is -0.0857. The van der Waals surface area contributed by atoms with Gasteiger partial charge in [0.2, 0.25) is 0 Å². The van der Waals surface area contributed by atoms with E-state index in [1.807, 2.05) is 19.1 Å². The van der Waals surface area contributed by atoms with E-state index in [2.05, 4.69) is 6.58 Å². The van der Waals surface area contributed by atoms with Crippen LogP contribution in [0.15, 0.2) is 24.8 Å². The minimum atomic E-state index is -3.58. The molecule has 0 rings (SSSR count). The van der Waals surface area contributed by atoms with Gasteiger partial charge < -0.3 is 0 Å². The third-order valence-electron chi connectivity index (χ3n) is 0.329. The zero-order chi connectivity index (χ0) is 7.70. The Kier molecular flexibility index (Phi) is 14.0. The second kappa shape index (κ2) is 10.8. The summed E-state index contributed by atoms with van der Waals surface area (Å²) in [6, 6.07) is 0. The first kappa shape index (κ1) is 11.7. The minimum absolute atomic E-state index is 1.75. The van der Waals surface area contributed by atoms with Gasteiger partial charge in [0.05, 0.1) is 0 Å². The molecule has 4 heteroatoms. The summed E-state index contributed by atoms with van der Waals surface area (Å²) in [6.07, 6.45) is 5.58. The monoisotopic (exact) mass is 166 g/mol. The summed E-state index contributed by atoms with van der Waals surface area (Å²) >= 11 is -3.58. The van der Waals surface area contributed by atoms with Crippen LogP contribution in [0.3, 0.4) is 0 Å². The van der Waals surface area contributed by atoms with Crippen LogP contribution in [0.2, 0.25) is 0 Å². The van der Waals surface area contributed by atoms with Gasteiger partial charge in [-0.3, -0.25) is 0 Å². The SMILES string of the molecule is C=CC=CC.[O]=[Ti]([OH])[OH]. The molecule has 0 saturated carbocycles. The van der Waals surface area contributed by atoms with Crippen molar-refractivity contribution in [3.05, 3.63) is 24.8 Å². The summed E-state index contributed by atoms with van der Waals surface area (Å²) in [5, 5.41) is 0. The molecule has 0 aromatic carbocycles. The molecule has 9 heavy (non-hydrogen) atoms. The van der Waals surface area contributed by atoms with Crippen LogP contribution in [0.4, 0.5) is 0 Å². The fourth-order valence-electron chi connectivity index (χ4n) is 0.136. The first-order valence-electron chi connectivity index (χ1n) is 2.30. The van der Waals surface area contributed by atoms with Crippen LogP contribution in [0.1, 0.15) is 6.92 Å². The summed E-state index contributed by atoms with van der Waals surface area (Å²) < 4.78 is 23.2. The van der Waals surface area contributed by atoms with E-state index in [0.29, 0.717) is 0 Å². The molecule has 2 N–H and O–H groups in total. The van der Waals surface area contributed by atoms with Crippen LogP contribution < -0.4 is 0 Å². The normalized spacial score (nSPS) is 7.89. The zero-order valence-corrected chi connectivity index (χ0v) is 6.80. The summed E-state index contributed by atoms with van der Waals surface area (Å²) in [5.74, 6) is 0. The van der Waals surface area contributed by atoms with Crippen molar-refractivity contribution in [2.75, 3.05) is 0 Å². The summed E-state index contributed by atoms with van der Waals surface area (Å²) in [5.41, 5.74) is 0. The van der Waals surface area contributed by atoms with Crippen molar-refractivity contribution in [3.63, 3.8) is 0 Å². The van der Waals surface area contributed by atoms with Gasteiger partial charge >= 0.3 is 29.3 Å². The Bertz CT molecular complexity index is 105. The molecule has 0 heterocycles. The van der Waals surface area contributed by atoms with E-state index >= 15 is 0 Å². The van der Waals surface area contributed by atoms with E-state index in [1.165, 1.54) is 0 Å². The number of allylic oxidation sites excluding steroid dienone is 3. The van der Waals surface area contributed by atoms with Gasteiger partial charge in [-0.25, -0.2) is 0 Å². The summed E-state index contributed by atoms with van der Waals surface area (Å²) in [4.78, 5) is 0. The maximum absolute atomic E-state index is 8.81. The standard InChI is InChI=1S/C5H8.2H2O.O.Ti/c1-3-5-4-2;;;;/h3-5H,1H2,2H3;2*1H2;;/q;;;;+2/p-2. The molecule has 0 radical (unpaired) electrons. The van der Waals surface area contributed by atoms with E-state index in [4.69, 9.17) is 10.7 Å². The molecule has 0 bridgehead atoms. The molecule has 0 fully saturated rings. The summed E-state index contributed by atoms with van der Waals surface area (Å²) in [7, 11) is 0. The zero-order valence-electron chi connectivity index (χ0n) is 5.24. The van der Waals surface area contributed by atoms with Crippen LogP contribution in [0, 0.1) is 0 Å². The predicted molar refractivity (Wildman–Crippen MR) is 30.1 cm³/mol. The molecular weight excluding hydrogens is 156 g/mol. The molecule has 0 aromatic rings. The molecular formula is C5H10O3Ti. The molecule has 0 aliphatic carbocycles. The number of hydrogen-bond acceptors (Lipinski definition) is 1. The number of rotatable bonds is 1. The molecule has 3 nitrogen and oxygen atoms in total. The molecule has 0 saturated heterocycles. The van der Waals surface area contributed by atoms with Gasteiger partial charge in [-0.05, 0) is 6.92 Å². The maximum atomic E-state index is 8.81. The Morgan fingerprint density at radius 2 is 1.89 bits per heavy atom. The Labute approximate surface area is 61.4 Å². The van der Waals surface area contributed by atoms with Gasteiger partial charge in [0.1, 0.15) is 0 Å². The first-order valence-corrected chi connectivity index (χ1v) is 4.34. The molecule has 0 atom stereocenters. The quantitative estimate of drug-likeness (QED) is 0.440. The average Bonchev–Trinajstić information content (AvgIpc) is 1.66. The van der Waals surface area contributed by atoms with Crippen LogP contribution in [-0.4, -0.2) is 7.38 Å². The predicted octanol–water partition coefficient (Wildman–Crippen LogP) is 0.513. The third kappa shape index (κ3) is 75.5. The molecule has 0 aliphatic heterocycles. The number of hydrogen-bond donors (Lipinski definition) is 2. The van der Waals surface area contributed by atoms with E-state index in [9.17, 15) is 0 Å². The van der Waals surface area contributed by atoms with Crippen molar-refractivity contribution in [1.82, 2.24) is 0 Å². The van der Waals surface area contributed by atoms with E-state index in [0.717, 1.165) is 0 Å². The fourth-order valence-corrected chi connectivity index (χ4v) is 0.136.